The van der Waals surface area contributed by atoms with Crippen LogP contribution >= 0.6 is 11.6 Å². The summed E-state index contributed by atoms with van der Waals surface area (Å²) in [6.45, 7) is 0.836. The normalized spacial score (nSPS) is 18.1. The number of sulfonamides is 1. The number of methoxy groups -OCH3 is 1. The fourth-order valence-electron chi connectivity index (χ4n) is 1.16. The van der Waals surface area contributed by atoms with E-state index in [1.54, 1.807) is 7.11 Å². The summed E-state index contributed by atoms with van der Waals surface area (Å²) < 4.78 is 29.1. The largest absolute Gasteiger partial charge is 0.383 e. The van der Waals surface area contributed by atoms with Gasteiger partial charge in [0.25, 0.3) is 0 Å². The average Bonchev–Trinajstić information content (AvgIpc) is 2.89. The highest BCUT2D eigenvalue weighted by molar-refractivity contribution is 7.90. The highest BCUT2D eigenvalue weighted by Gasteiger charge is 2.36. The molecule has 78 valence electrons. The zero-order chi connectivity index (χ0) is 9.90. The summed E-state index contributed by atoms with van der Waals surface area (Å²) >= 11 is 5.37. The Morgan fingerprint density at radius 2 is 2.15 bits per heavy atom. The van der Waals surface area contributed by atoms with E-state index >= 15 is 0 Å². The van der Waals surface area contributed by atoms with E-state index in [1.165, 1.54) is 4.31 Å². The van der Waals surface area contributed by atoms with Crippen molar-refractivity contribution >= 4 is 21.6 Å². The minimum Gasteiger partial charge on any atom is -0.383 e. The molecule has 1 rings (SSSR count). The van der Waals surface area contributed by atoms with Crippen molar-refractivity contribution in [2.45, 2.75) is 18.9 Å². The smallest absolute Gasteiger partial charge is 0.228 e. The minimum absolute atomic E-state index is 0.166. The molecule has 0 amide bonds. The molecule has 0 spiro atoms. The lowest BCUT2D eigenvalue weighted by Gasteiger charge is -2.19. The first-order valence-electron chi connectivity index (χ1n) is 4.16. The zero-order valence-corrected chi connectivity index (χ0v) is 9.14. The summed E-state index contributed by atoms with van der Waals surface area (Å²) in [4.78, 5) is 0. The van der Waals surface area contributed by atoms with Crippen LogP contribution < -0.4 is 0 Å². The Bertz CT molecular complexity index is 250. The quantitative estimate of drug-likeness (QED) is 0.626. The van der Waals surface area contributed by atoms with Gasteiger partial charge in [-0.2, -0.15) is 4.31 Å². The molecule has 4 nitrogen and oxygen atoms in total. The van der Waals surface area contributed by atoms with Crippen molar-refractivity contribution in [3.05, 3.63) is 0 Å². The first-order chi connectivity index (χ1) is 6.11. The molecular formula is C7H14ClNO3S. The molecule has 0 aromatic heterocycles. The van der Waals surface area contributed by atoms with Gasteiger partial charge < -0.3 is 4.74 Å². The minimum atomic E-state index is -3.25. The van der Waals surface area contributed by atoms with Crippen LogP contribution in [0.2, 0.25) is 0 Å². The van der Waals surface area contributed by atoms with Crippen LogP contribution in [0.1, 0.15) is 12.8 Å². The molecule has 0 aromatic rings. The number of nitrogens with zero attached hydrogens (tertiary/aromatic N) is 1. The van der Waals surface area contributed by atoms with Crippen molar-refractivity contribution in [1.82, 2.24) is 4.31 Å². The molecule has 0 unspecified atom stereocenters. The maximum Gasteiger partial charge on any atom is 0.228 e. The summed E-state index contributed by atoms with van der Waals surface area (Å²) in [5.41, 5.74) is 0. The van der Waals surface area contributed by atoms with Crippen LogP contribution in [0.4, 0.5) is 0 Å². The number of rotatable bonds is 6. The van der Waals surface area contributed by atoms with Crippen molar-refractivity contribution in [1.29, 1.82) is 0 Å². The van der Waals surface area contributed by atoms with E-state index in [4.69, 9.17) is 16.3 Å². The molecule has 0 bridgehead atoms. The van der Waals surface area contributed by atoms with Crippen LogP contribution in [0.3, 0.4) is 0 Å². The molecule has 0 N–H and O–H groups in total. The summed E-state index contributed by atoms with van der Waals surface area (Å²) in [5, 5.41) is -0.340. The molecule has 0 radical (unpaired) electrons. The van der Waals surface area contributed by atoms with Crippen LogP contribution in [-0.4, -0.2) is 44.2 Å². The number of alkyl halides is 1. The standard InChI is InChI=1S/C7H14ClNO3S/c1-12-5-4-9(7-2-3-7)13(10,11)6-8/h7H,2-6H2,1H3. The number of halogens is 1. The molecule has 0 atom stereocenters. The molecule has 13 heavy (non-hydrogen) atoms. The van der Waals surface area contributed by atoms with E-state index < -0.39 is 10.0 Å². The maximum absolute atomic E-state index is 11.4. The van der Waals surface area contributed by atoms with Crippen molar-refractivity contribution in [2.24, 2.45) is 0 Å². The summed E-state index contributed by atoms with van der Waals surface area (Å²) in [5.74, 6) is 0. The molecule has 0 saturated heterocycles. The predicted molar refractivity (Wildman–Crippen MR) is 51.2 cm³/mol. The Morgan fingerprint density at radius 1 is 1.54 bits per heavy atom. The summed E-state index contributed by atoms with van der Waals surface area (Å²) in [6.07, 6.45) is 1.89. The van der Waals surface area contributed by atoms with Gasteiger partial charge in [-0.05, 0) is 12.8 Å². The van der Waals surface area contributed by atoms with Crippen molar-refractivity contribution < 1.29 is 13.2 Å². The van der Waals surface area contributed by atoms with E-state index in [0.29, 0.717) is 13.2 Å². The van der Waals surface area contributed by atoms with E-state index in [1.807, 2.05) is 0 Å². The van der Waals surface area contributed by atoms with Gasteiger partial charge in [0, 0.05) is 19.7 Å². The van der Waals surface area contributed by atoms with Gasteiger partial charge in [0.15, 0.2) is 0 Å². The Labute approximate surface area is 83.9 Å². The van der Waals surface area contributed by atoms with Gasteiger partial charge >= 0.3 is 0 Å². The third-order valence-corrected chi connectivity index (χ3v) is 4.26. The second-order valence-electron chi connectivity index (χ2n) is 3.06. The monoisotopic (exact) mass is 227 g/mol. The zero-order valence-electron chi connectivity index (χ0n) is 7.57. The summed E-state index contributed by atoms with van der Waals surface area (Å²) in [7, 11) is -1.70. The number of hydrogen-bond donors (Lipinski definition) is 0. The SMILES string of the molecule is COCCN(C1CC1)S(=O)(=O)CCl. The lowest BCUT2D eigenvalue weighted by Crippen LogP contribution is -2.36. The van der Waals surface area contributed by atoms with Crippen LogP contribution in [0.15, 0.2) is 0 Å². The molecule has 0 heterocycles. The van der Waals surface area contributed by atoms with Gasteiger partial charge in [0.2, 0.25) is 10.0 Å². The van der Waals surface area contributed by atoms with E-state index in [0.717, 1.165) is 12.8 Å². The molecule has 0 aromatic carbocycles. The summed E-state index contributed by atoms with van der Waals surface area (Å²) in [6, 6.07) is 0.166. The van der Waals surface area contributed by atoms with Gasteiger partial charge in [0.05, 0.1) is 6.61 Å². The Hall–Kier alpha value is 0.160. The third kappa shape index (κ3) is 3.09. The van der Waals surface area contributed by atoms with Gasteiger partial charge in [0.1, 0.15) is 5.21 Å². The molecule has 6 heteroatoms. The van der Waals surface area contributed by atoms with Crippen LogP contribution in [-0.2, 0) is 14.8 Å². The van der Waals surface area contributed by atoms with Gasteiger partial charge in [-0.25, -0.2) is 8.42 Å². The molecule has 1 aliphatic rings. The maximum atomic E-state index is 11.4. The molecule has 1 saturated carbocycles. The van der Waals surface area contributed by atoms with E-state index in [9.17, 15) is 8.42 Å². The predicted octanol–water partition coefficient (Wildman–Crippen LogP) is 0.623. The fraction of sp³-hybridized carbons (Fsp3) is 1.00. The fourth-order valence-corrected chi connectivity index (χ4v) is 2.67. The topological polar surface area (TPSA) is 46.6 Å². The van der Waals surface area contributed by atoms with Gasteiger partial charge in [-0.15, -0.1) is 11.6 Å². The Kier molecular flexibility index (Phi) is 3.97. The Morgan fingerprint density at radius 3 is 2.54 bits per heavy atom. The highest BCUT2D eigenvalue weighted by Crippen LogP contribution is 2.29. The van der Waals surface area contributed by atoms with Crippen LogP contribution in [0, 0.1) is 0 Å². The Balaban J connectivity index is 2.56. The lowest BCUT2D eigenvalue weighted by atomic mass is 10.6. The van der Waals surface area contributed by atoms with Crippen LogP contribution in [0.25, 0.3) is 0 Å². The number of ether oxygens (including phenoxy) is 1. The molecule has 1 fully saturated rings. The van der Waals surface area contributed by atoms with Crippen LogP contribution in [0.5, 0.6) is 0 Å². The lowest BCUT2D eigenvalue weighted by molar-refractivity contribution is 0.177. The van der Waals surface area contributed by atoms with Gasteiger partial charge in [-0.1, -0.05) is 0 Å². The second-order valence-corrected chi connectivity index (χ2v) is 5.56. The van der Waals surface area contributed by atoms with Crippen molar-refractivity contribution in [3.8, 4) is 0 Å². The van der Waals surface area contributed by atoms with E-state index in [-0.39, 0.29) is 11.3 Å². The third-order valence-electron chi connectivity index (χ3n) is 1.97. The first-order valence-corrected chi connectivity index (χ1v) is 6.30. The first kappa shape index (κ1) is 11.2. The van der Waals surface area contributed by atoms with Crippen molar-refractivity contribution in [2.75, 3.05) is 25.5 Å². The molecular weight excluding hydrogens is 214 g/mol. The van der Waals surface area contributed by atoms with E-state index in [2.05, 4.69) is 0 Å². The molecule has 1 aliphatic carbocycles. The highest BCUT2D eigenvalue weighted by atomic mass is 35.5. The number of hydrogen-bond acceptors (Lipinski definition) is 3. The van der Waals surface area contributed by atoms with Gasteiger partial charge in [-0.3, -0.25) is 0 Å². The van der Waals surface area contributed by atoms with Crippen molar-refractivity contribution in [3.63, 3.8) is 0 Å². The average molecular weight is 228 g/mol. The molecule has 0 aliphatic heterocycles. The second kappa shape index (κ2) is 4.59.